The van der Waals surface area contributed by atoms with Gasteiger partial charge in [-0.1, -0.05) is 23.0 Å². The third kappa shape index (κ3) is 8.96. The normalized spacial score (nSPS) is 18.5. The minimum atomic E-state index is -4.81. The maximum absolute atomic E-state index is 13.0. The number of hydrogen-bond donors (Lipinski definition) is 6. The van der Waals surface area contributed by atoms with Crippen LogP contribution in [-0.4, -0.2) is 90.0 Å². The summed E-state index contributed by atoms with van der Waals surface area (Å²) in [7, 11) is -4.81. The Labute approximate surface area is 248 Å². The maximum Gasteiger partial charge on any atom is 0.362 e. The van der Waals surface area contributed by atoms with E-state index in [0.29, 0.717) is 43.6 Å². The number of thioether (sulfide) groups is 1. The number of aliphatic imine (C=N–C) groups is 1. The van der Waals surface area contributed by atoms with Crippen LogP contribution in [0.4, 0.5) is 0 Å². The highest BCUT2D eigenvalue weighted by molar-refractivity contribution is 8.02. The molecule has 2 aliphatic rings. The van der Waals surface area contributed by atoms with Gasteiger partial charge in [-0.25, -0.2) is 4.31 Å². The van der Waals surface area contributed by atoms with Crippen LogP contribution in [-0.2, 0) is 37.8 Å². The lowest BCUT2D eigenvalue weighted by Gasteiger charge is -2.27. The molecule has 0 bridgehead atoms. The Morgan fingerprint density at radius 1 is 1.33 bits per heavy atom. The number of nitrogens with one attached hydrogen (secondary N) is 2. The van der Waals surface area contributed by atoms with Crippen molar-refractivity contribution in [1.82, 2.24) is 19.8 Å². The van der Waals surface area contributed by atoms with Gasteiger partial charge in [0.15, 0.2) is 18.3 Å². The first-order valence-corrected chi connectivity index (χ1v) is 15.4. The fourth-order valence-corrected chi connectivity index (χ4v) is 5.36. The van der Waals surface area contributed by atoms with E-state index in [1.165, 1.54) is 25.6 Å². The van der Waals surface area contributed by atoms with E-state index in [-0.39, 0.29) is 29.6 Å². The second kappa shape index (κ2) is 15.1. The molecule has 3 rings (SSSR count). The summed E-state index contributed by atoms with van der Waals surface area (Å²) in [4.78, 5) is 35.9. The molecule has 2 amide bonds. The van der Waals surface area contributed by atoms with E-state index in [1.54, 1.807) is 5.41 Å². The average Bonchev–Trinajstić information content (AvgIpc) is 3.56. The molecule has 3 atom stereocenters. The number of rotatable bonds is 15. The van der Waals surface area contributed by atoms with E-state index >= 15 is 0 Å². The maximum atomic E-state index is 13.0. The highest BCUT2D eigenvalue weighted by Crippen LogP contribution is 2.26. The fourth-order valence-electron chi connectivity index (χ4n) is 3.99. The number of fused-ring (bicyclic) bond motifs is 1. The zero-order valence-corrected chi connectivity index (χ0v) is 24.9. The van der Waals surface area contributed by atoms with Gasteiger partial charge in [0.1, 0.15) is 17.9 Å². The van der Waals surface area contributed by atoms with Crippen LogP contribution >= 0.6 is 11.8 Å². The molecule has 0 saturated carbocycles. The standard InChI is InChI=1S/C24H37N9O7S2/c1-15(16(2)33(14-34)42(36,37)38)29-22(35)21(20-13-41-24(27)30-20)31-40-9-8-39-19-5-4-17-11-32(12-18(17)10-19)23(26)28-7-3-6-25/h4-5,10,13-16,24,30H,3,6-9,11-12,25,27H2,1-2H3,(H2,26,28)(H,29,35)(H,36,37,38)/b31-21-. The summed E-state index contributed by atoms with van der Waals surface area (Å²) in [5, 5.41) is 11.0. The van der Waals surface area contributed by atoms with Crippen molar-refractivity contribution in [2.75, 3.05) is 26.3 Å². The molecule has 9 N–H and O–H groups in total. The van der Waals surface area contributed by atoms with Gasteiger partial charge < -0.3 is 42.3 Å². The predicted octanol–water partition coefficient (Wildman–Crippen LogP) is -1.01. The minimum absolute atomic E-state index is 0.000840. The highest BCUT2D eigenvalue weighted by atomic mass is 32.2. The quantitative estimate of drug-likeness (QED) is 0.0342. The van der Waals surface area contributed by atoms with Crippen LogP contribution in [0.2, 0.25) is 0 Å². The van der Waals surface area contributed by atoms with Crippen LogP contribution in [0, 0.1) is 0 Å². The summed E-state index contributed by atoms with van der Waals surface area (Å²) in [6.45, 7) is 5.34. The van der Waals surface area contributed by atoms with Crippen molar-refractivity contribution in [1.29, 1.82) is 0 Å². The molecule has 16 nitrogen and oxygen atoms in total. The number of nitrogens with zero attached hydrogens (tertiary/aromatic N) is 4. The van der Waals surface area contributed by atoms with Gasteiger partial charge in [0.05, 0.1) is 11.7 Å². The Kier molecular flexibility index (Phi) is 11.8. The third-order valence-corrected chi connectivity index (χ3v) is 8.15. The van der Waals surface area contributed by atoms with E-state index in [2.05, 4.69) is 20.8 Å². The second-order valence-corrected chi connectivity index (χ2v) is 11.8. The lowest BCUT2D eigenvalue weighted by Crippen LogP contribution is -2.52. The molecule has 3 unspecified atom stereocenters. The monoisotopic (exact) mass is 627 g/mol. The average molecular weight is 628 g/mol. The van der Waals surface area contributed by atoms with E-state index in [1.807, 2.05) is 23.1 Å². The number of benzene rings is 1. The van der Waals surface area contributed by atoms with Gasteiger partial charge in [0.2, 0.25) is 6.41 Å². The number of carbonyl (C=O) groups is 2. The van der Waals surface area contributed by atoms with Crippen molar-refractivity contribution in [2.24, 2.45) is 27.3 Å². The number of ether oxygens (including phenoxy) is 1. The van der Waals surface area contributed by atoms with Crippen LogP contribution in [0.3, 0.4) is 0 Å². The topological polar surface area (TPSA) is 240 Å². The Hall–Kier alpha value is -3.58. The van der Waals surface area contributed by atoms with Crippen molar-refractivity contribution >= 4 is 46.1 Å². The molecule has 0 fully saturated rings. The zero-order valence-electron chi connectivity index (χ0n) is 23.3. The van der Waals surface area contributed by atoms with Crippen molar-refractivity contribution in [3.05, 3.63) is 40.4 Å². The summed E-state index contributed by atoms with van der Waals surface area (Å²) in [6, 6.07) is 3.74. The SMILES string of the molecule is CC(NC(=O)/C(=N\OCCOc1ccc2c(c1)CN(C(N)=NCCCN)C2)C1=CSC(N)N1)C(C)N(C=O)S(=O)(=O)O. The fraction of sp³-hybridized carbons (Fsp3) is 0.500. The summed E-state index contributed by atoms with van der Waals surface area (Å²) >= 11 is 1.22. The summed E-state index contributed by atoms with van der Waals surface area (Å²) < 4.78 is 38.1. The number of hydrogen-bond acceptors (Lipinski definition) is 12. The first-order valence-electron chi connectivity index (χ1n) is 13.0. The number of nitrogens with two attached hydrogens (primary N) is 3. The van der Waals surface area contributed by atoms with Gasteiger partial charge in [-0.15, -0.1) is 0 Å². The number of oxime groups is 1. The van der Waals surface area contributed by atoms with Gasteiger partial charge in [-0.2, -0.15) is 8.42 Å². The van der Waals surface area contributed by atoms with Crippen molar-refractivity contribution < 1.29 is 32.1 Å². The largest absolute Gasteiger partial charge is 0.490 e. The molecular weight excluding hydrogens is 590 g/mol. The number of amides is 2. The highest BCUT2D eigenvalue weighted by Gasteiger charge is 2.31. The van der Waals surface area contributed by atoms with Gasteiger partial charge in [0, 0.05) is 31.1 Å². The van der Waals surface area contributed by atoms with E-state index < -0.39 is 33.8 Å². The van der Waals surface area contributed by atoms with E-state index in [0.717, 1.165) is 17.5 Å². The zero-order chi connectivity index (χ0) is 30.9. The first-order chi connectivity index (χ1) is 19.9. The number of guanidine groups is 1. The Bertz CT molecular complexity index is 1320. The van der Waals surface area contributed by atoms with Gasteiger partial charge in [0.25, 0.3) is 5.91 Å². The molecule has 18 heteroatoms. The molecule has 232 valence electrons. The van der Waals surface area contributed by atoms with Gasteiger partial charge in [-0.05, 0) is 50.1 Å². The Morgan fingerprint density at radius 2 is 2.07 bits per heavy atom. The van der Waals surface area contributed by atoms with Gasteiger partial charge in [-0.3, -0.25) is 19.1 Å². The molecule has 0 saturated heterocycles. The van der Waals surface area contributed by atoms with Crippen LogP contribution < -0.4 is 32.6 Å². The molecule has 1 aromatic carbocycles. The lowest BCUT2D eigenvalue weighted by molar-refractivity contribution is -0.118. The van der Waals surface area contributed by atoms with Crippen molar-refractivity contribution in [3.8, 4) is 5.75 Å². The van der Waals surface area contributed by atoms with Crippen LogP contribution in [0.25, 0.3) is 0 Å². The molecule has 0 radical (unpaired) electrons. The summed E-state index contributed by atoms with van der Waals surface area (Å²) in [5.41, 5.74) is 19.3. The molecule has 2 heterocycles. The van der Waals surface area contributed by atoms with E-state index in [9.17, 15) is 22.6 Å². The molecular formula is C24H37N9O7S2. The molecule has 0 aromatic heterocycles. The second-order valence-electron chi connectivity index (χ2n) is 9.44. The summed E-state index contributed by atoms with van der Waals surface area (Å²) in [5.74, 6) is 0.380. The summed E-state index contributed by atoms with van der Waals surface area (Å²) in [6.07, 6.45) is 0.733. The molecule has 1 aromatic rings. The smallest absolute Gasteiger partial charge is 0.362 e. The van der Waals surface area contributed by atoms with Crippen LogP contribution in [0.5, 0.6) is 5.75 Å². The van der Waals surface area contributed by atoms with Crippen LogP contribution in [0.15, 0.2) is 39.5 Å². The lowest BCUT2D eigenvalue weighted by atomic mass is 10.1. The van der Waals surface area contributed by atoms with Crippen molar-refractivity contribution in [3.63, 3.8) is 0 Å². The van der Waals surface area contributed by atoms with E-state index in [4.69, 9.17) is 26.8 Å². The molecule has 2 aliphatic heterocycles. The minimum Gasteiger partial charge on any atom is -0.490 e. The number of carbonyl (C=O) groups excluding carboxylic acids is 2. The van der Waals surface area contributed by atoms with Crippen LogP contribution in [0.1, 0.15) is 31.4 Å². The molecule has 42 heavy (non-hydrogen) atoms. The third-order valence-electron chi connectivity index (χ3n) is 6.41. The molecule has 0 aliphatic carbocycles. The first kappa shape index (κ1) is 32.9. The molecule has 0 spiro atoms. The Morgan fingerprint density at radius 3 is 2.71 bits per heavy atom. The Balaban J connectivity index is 1.57. The van der Waals surface area contributed by atoms with Gasteiger partial charge >= 0.3 is 10.3 Å². The van der Waals surface area contributed by atoms with Crippen molar-refractivity contribution in [2.45, 2.75) is 50.9 Å². The predicted molar refractivity (Wildman–Crippen MR) is 158 cm³/mol.